The molecule has 1 unspecified atom stereocenters. The van der Waals surface area contributed by atoms with Crippen LogP contribution in [0.2, 0.25) is 0 Å². The number of ether oxygens (including phenoxy) is 4. The summed E-state index contributed by atoms with van der Waals surface area (Å²) in [6.45, 7) is 0. The van der Waals surface area contributed by atoms with Crippen molar-refractivity contribution in [2.45, 2.75) is 0 Å². The van der Waals surface area contributed by atoms with Crippen molar-refractivity contribution >= 4 is 19.4 Å². The molecule has 0 amide bonds. The van der Waals surface area contributed by atoms with E-state index in [1.165, 1.54) is 14.2 Å². The quantitative estimate of drug-likeness (QED) is 0.519. The molecule has 1 atom stereocenters. The van der Waals surface area contributed by atoms with Gasteiger partial charge < -0.3 is 18.9 Å². The first kappa shape index (κ1) is 19.7. The Kier molecular flexibility index (Phi) is 6.51. The minimum Gasteiger partial charge on any atom is -0.496 e. The maximum Gasteiger partial charge on any atom is 0.193 e. The van der Waals surface area contributed by atoms with Gasteiger partial charge in [-0.1, -0.05) is 30.3 Å². The van der Waals surface area contributed by atoms with E-state index in [9.17, 15) is 4.79 Å². The Morgan fingerprint density at radius 2 is 1.29 bits per heavy atom. The molecule has 3 aromatic rings. The van der Waals surface area contributed by atoms with Crippen LogP contribution in [0.3, 0.4) is 0 Å². The summed E-state index contributed by atoms with van der Waals surface area (Å²) in [6, 6.07) is 20.4. The summed E-state index contributed by atoms with van der Waals surface area (Å²) >= 11 is 0. The van der Waals surface area contributed by atoms with Crippen LogP contribution in [0.25, 0.3) is 0 Å². The van der Waals surface area contributed by atoms with Crippen molar-refractivity contribution in [3.8, 4) is 28.7 Å². The Bertz CT molecular complexity index is 914. The Hall–Kier alpha value is -3.04. The number of carbonyl (C=O) groups excluding carboxylic acids is 1. The highest BCUT2D eigenvalue weighted by Gasteiger charge is 2.20. The Labute approximate surface area is 166 Å². The molecule has 0 N–H and O–H groups in total. The van der Waals surface area contributed by atoms with Gasteiger partial charge in [0.05, 0.1) is 21.3 Å². The molecule has 5 nitrogen and oxygen atoms in total. The van der Waals surface area contributed by atoms with Crippen LogP contribution >= 0.6 is 8.58 Å². The van der Waals surface area contributed by atoms with Crippen molar-refractivity contribution in [3.05, 3.63) is 72.3 Å². The standard InChI is InChI=1S/C22H21O5P/c1-24-17-13-19(25-2)21(20(14-17)26-3)22(23)28-18-11-9-16(10-12-18)27-15-7-5-4-6-8-15/h4-14,28H,1-3H3. The molecule has 0 radical (unpaired) electrons. The first-order valence-corrected chi connectivity index (χ1v) is 9.59. The fraction of sp³-hybridized carbons (Fsp3) is 0.136. The molecule has 3 rings (SSSR count). The summed E-state index contributed by atoms with van der Waals surface area (Å²) in [5.41, 5.74) is 0.335. The molecule has 0 aliphatic rings. The number of hydrogen-bond acceptors (Lipinski definition) is 5. The predicted molar refractivity (Wildman–Crippen MR) is 111 cm³/mol. The van der Waals surface area contributed by atoms with Gasteiger partial charge in [0.25, 0.3) is 0 Å². The molecule has 0 fully saturated rings. The van der Waals surface area contributed by atoms with Crippen molar-refractivity contribution in [1.29, 1.82) is 0 Å². The molecule has 0 aliphatic carbocycles. The van der Waals surface area contributed by atoms with E-state index in [2.05, 4.69) is 0 Å². The maximum atomic E-state index is 12.9. The van der Waals surface area contributed by atoms with Crippen molar-refractivity contribution in [1.82, 2.24) is 0 Å². The van der Waals surface area contributed by atoms with E-state index >= 15 is 0 Å². The Morgan fingerprint density at radius 1 is 0.714 bits per heavy atom. The number of benzene rings is 3. The SMILES string of the molecule is COc1cc(OC)c(C(=O)Pc2ccc(Oc3ccccc3)cc2)c(OC)c1. The fourth-order valence-electron chi connectivity index (χ4n) is 2.65. The van der Waals surface area contributed by atoms with Gasteiger partial charge in [-0.25, -0.2) is 0 Å². The van der Waals surface area contributed by atoms with Gasteiger partial charge >= 0.3 is 0 Å². The van der Waals surface area contributed by atoms with Crippen LogP contribution in [0.4, 0.5) is 0 Å². The first-order chi connectivity index (χ1) is 13.6. The summed E-state index contributed by atoms with van der Waals surface area (Å²) in [7, 11) is 4.51. The number of para-hydroxylation sites is 1. The third-order valence-corrected chi connectivity index (χ3v) is 5.13. The molecule has 3 aromatic carbocycles. The van der Waals surface area contributed by atoms with Crippen molar-refractivity contribution in [2.75, 3.05) is 21.3 Å². The maximum absolute atomic E-state index is 12.9. The van der Waals surface area contributed by atoms with Crippen LogP contribution in [0.5, 0.6) is 28.7 Å². The minimum absolute atomic E-state index is 0.0759. The topological polar surface area (TPSA) is 54.0 Å². The summed E-state index contributed by atoms with van der Waals surface area (Å²) in [4.78, 5) is 12.9. The zero-order valence-corrected chi connectivity index (χ0v) is 16.9. The molecule has 28 heavy (non-hydrogen) atoms. The highest BCUT2D eigenvalue weighted by Crippen LogP contribution is 2.38. The van der Waals surface area contributed by atoms with Crippen LogP contribution in [0.15, 0.2) is 66.7 Å². The molecule has 0 bridgehead atoms. The highest BCUT2D eigenvalue weighted by molar-refractivity contribution is 7.66. The van der Waals surface area contributed by atoms with Crippen molar-refractivity contribution in [3.63, 3.8) is 0 Å². The summed E-state index contributed by atoms with van der Waals surface area (Å²) in [6.07, 6.45) is 0. The highest BCUT2D eigenvalue weighted by atomic mass is 31.1. The van der Waals surface area contributed by atoms with E-state index < -0.39 is 0 Å². The number of carbonyl (C=O) groups is 1. The van der Waals surface area contributed by atoms with E-state index in [4.69, 9.17) is 18.9 Å². The molecule has 0 aromatic heterocycles. The average Bonchev–Trinajstić information content (AvgIpc) is 2.74. The van der Waals surface area contributed by atoms with Crippen LogP contribution in [0, 0.1) is 0 Å². The number of hydrogen-bond donors (Lipinski definition) is 0. The fourth-order valence-corrected chi connectivity index (χ4v) is 3.62. The summed E-state index contributed by atoms with van der Waals surface area (Å²) in [5.74, 6) is 2.90. The normalized spacial score (nSPS) is 10.7. The van der Waals surface area contributed by atoms with E-state index in [0.717, 1.165) is 11.1 Å². The van der Waals surface area contributed by atoms with Crippen LogP contribution < -0.4 is 24.3 Å². The van der Waals surface area contributed by atoms with Gasteiger partial charge in [0.1, 0.15) is 34.3 Å². The molecule has 144 valence electrons. The largest absolute Gasteiger partial charge is 0.496 e. The zero-order chi connectivity index (χ0) is 19.9. The summed E-state index contributed by atoms with van der Waals surface area (Å²) in [5, 5.41) is 0.894. The lowest BCUT2D eigenvalue weighted by Gasteiger charge is -2.14. The number of methoxy groups -OCH3 is 3. The van der Waals surface area contributed by atoms with Gasteiger partial charge in [-0.2, -0.15) is 0 Å². The lowest BCUT2D eigenvalue weighted by molar-refractivity contribution is 0.108. The van der Waals surface area contributed by atoms with Crippen molar-refractivity contribution in [2.24, 2.45) is 0 Å². The van der Waals surface area contributed by atoms with E-state index in [1.54, 1.807) is 19.2 Å². The Morgan fingerprint density at radius 3 is 1.82 bits per heavy atom. The van der Waals surface area contributed by atoms with Gasteiger partial charge in [0, 0.05) is 12.1 Å². The smallest absolute Gasteiger partial charge is 0.193 e. The monoisotopic (exact) mass is 396 g/mol. The molecule has 0 saturated carbocycles. The molecule has 0 saturated heterocycles. The summed E-state index contributed by atoms with van der Waals surface area (Å²) < 4.78 is 21.8. The molecule has 0 spiro atoms. The third-order valence-electron chi connectivity index (χ3n) is 4.03. The second kappa shape index (κ2) is 9.25. The lowest BCUT2D eigenvalue weighted by atomic mass is 10.2. The first-order valence-electron chi connectivity index (χ1n) is 8.59. The molecule has 0 aliphatic heterocycles. The van der Waals surface area contributed by atoms with E-state index in [-0.39, 0.29) is 14.1 Å². The Balaban J connectivity index is 1.78. The third kappa shape index (κ3) is 4.62. The van der Waals surface area contributed by atoms with Gasteiger partial charge in [-0.15, -0.1) is 0 Å². The molecular weight excluding hydrogens is 375 g/mol. The van der Waals surface area contributed by atoms with Gasteiger partial charge in [0.2, 0.25) is 0 Å². The van der Waals surface area contributed by atoms with Crippen LogP contribution in [0.1, 0.15) is 10.4 Å². The average molecular weight is 396 g/mol. The number of rotatable bonds is 8. The van der Waals surface area contributed by atoms with Gasteiger partial charge in [0.15, 0.2) is 5.52 Å². The molecule has 0 heterocycles. The second-order valence-electron chi connectivity index (χ2n) is 5.80. The van der Waals surface area contributed by atoms with E-state index in [1.807, 2.05) is 54.6 Å². The molecule has 6 heteroatoms. The van der Waals surface area contributed by atoms with E-state index in [0.29, 0.717) is 28.6 Å². The predicted octanol–water partition coefficient (Wildman–Crippen LogP) is 4.65. The van der Waals surface area contributed by atoms with Crippen LogP contribution in [-0.2, 0) is 0 Å². The lowest BCUT2D eigenvalue weighted by Crippen LogP contribution is -2.05. The van der Waals surface area contributed by atoms with Gasteiger partial charge in [-0.3, -0.25) is 4.79 Å². The minimum atomic E-state index is -0.0790. The molecular formula is C22H21O5P. The zero-order valence-electron chi connectivity index (χ0n) is 15.9. The van der Waals surface area contributed by atoms with Crippen molar-refractivity contribution < 1.29 is 23.7 Å². The second-order valence-corrected chi connectivity index (χ2v) is 7.08. The van der Waals surface area contributed by atoms with Crippen LogP contribution in [-0.4, -0.2) is 26.9 Å². The van der Waals surface area contributed by atoms with Gasteiger partial charge in [-0.05, 0) is 38.2 Å².